The second kappa shape index (κ2) is 5.63. The molecular weight excluding hydrogens is 311 g/mol. The second-order valence-corrected chi connectivity index (χ2v) is 5.22. The summed E-state index contributed by atoms with van der Waals surface area (Å²) in [4.78, 5) is 12.0. The Morgan fingerprint density at radius 2 is 1.95 bits per heavy atom. The molecule has 0 aliphatic heterocycles. The number of anilines is 2. The van der Waals surface area contributed by atoms with Gasteiger partial charge in [0, 0.05) is 16.1 Å². The Hall–Kier alpha value is -2.24. The molecule has 2 amide bonds. The molecule has 1 heterocycles. The van der Waals surface area contributed by atoms with Crippen LogP contribution in [0.15, 0.2) is 42.6 Å². The van der Waals surface area contributed by atoms with Gasteiger partial charge in [-0.2, -0.15) is 5.10 Å². The summed E-state index contributed by atoms with van der Waals surface area (Å²) in [5, 5.41) is 14.0. The van der Waals surface area contributed by atoms with E-state index in [0.29, 0.717) is 21.4 Å². The largest absolute Gasteiger partial charge is 0.323 e. The number of aromatic amines is 1. The number of H-pyrrole nitrogens is 1. The van der Waals surface area contributed by atoms with Crippen LogP contribution in [0.4, 0.5) is 16.2 Å². The van der Waals surface area contributed by atoms with Gasteiger partial charge in [0.1, 0.15) is 0 Å². The molecule has 21 heavy (non-hydrogen) atoms. The van der Waals surface area contributed by atoms with Crippen LogP contribution >= 0.6 is 23.2 Å². The van der Waals surface area contributed by atoms with E-state index in [0.717, 1.165) is 10.9 Å². The van der Waals surface area contributed by atoms with Crippen molar-refractivity contribution in [2.45, 2.75) is 0 Å². The Balaban J connectivity index is 1.73. The van der Waals surface area contributed by atoms with Gasteiger partial charge < -0.3 is 10.6 Å². The lowest BCUT2D eigenvalue weighted by molar-refractivity contribution is 0.262. The van der Waals surface area contributed by atoms with E-state index in [9.17, 15) is 4.79 Å². The van der Waals surface area contributed by atoms with Crippen LogP contribution in [-0.2, 0) is 0 Å². The molecule has 1 aromatic heterocycles. The summed E-state index contributed by atoms with van der Waals surface area (Å²) in [6.07, 6.45) is 1.71. The molecule has 106 valence electrons. The number of hydrogen-bond donors (Lipinski definition) is 3. The van der Waals surface area contributed by atoms with E-state index in [2.05, 4.69) is 20.8 Å². The molecule has 3 aromatic rings. The Kier molecular flexibility index (Phi) is 3.68. The van der Waals surface area contributed by atoms with Crippen molar-refractivity contribution in [1.29, 1.82) is 0 Å². The number of carbonyl (C=O) groups excluding carboxylic acids is 1. The molecule has 0 unspecified atom stereocenters. The number of hydrogen-bond acceptors (Lipinski definition) is 2. The van der Waals surface area contributed by atoms with Gasteiger partial charge in [0.25, 0.3) is 0 Å². The highest BCUT2D eigenvalue weighted by Gasteiger charge is 2.07. The molecule has 0 spiro atoms. The molecule has 0 bridgehead atoms. The van der Waals surface area contributed by atoms with Crippen molar-refractivity contribution < 1.29 is 4.79 Å². The van der Waals surface area contributed by atoms with Crippen molar-refractivity contribution in [3.8, 4) is 0 Å². The highest BCUT2D eigenvalue weighted by Crippen LogP contribution is 2.25. The minimum atomic E-state index is -0.391. The first kappa shape index (κ1) is 13.7. The van der Waals surface area contributed by atoms with Crippen molar-refractivity contribution in [2.24, 2.45) is 0 Å². The highest BCUT2D eigenvalue weighted by molar-refractivity contribution is 6.36. The fourth-order valence-electron chi connectivity index (χ4n) is 1.89. The van der Waals surface area contributed by atoms with Gasteiger partial charge in [-0.3, -0.25) is 5.10 Å². The van der Waals surface area contributed by atoms with Crippen molar-refractivity contribution in [2.75, 3.05) is 10.6 Å². The van der Waals surface area contributed by atoms with Gasteiger partial charge in [-0.1, -0.05) is 23.2 Å². The Bertz CT molecular complexity index is 816. The van der Waals surface area contributed by atoms with Gasteiger partial charge in [-0.15, -0.1) is 0 Å². The molecule has 0 radical (unpaired) electrons. The van der Waals surface area contributed by atoms with Crippen LogP contribution in [0.5, 0.6) is 0 Å². The van der Waals surface area contributed by atoms with Crippen LogP contribution in [0, 0.1) is 0 Å². The molecule has 0 saturated carbocycles. The molecule has 5 nitrogen and oxygen atoms in total. The summed E-state index contributed by atoms with van der Waals surface area (Å²) >= 11 is 11.8. The first-order valence-electron chi connectivity index (χ1n) is 6.08. The Labute approximate surface area is 130 Å². The zero-order chi connectivity index (χ0) is 14.8. The number of nitrogens with one attached hydrogen (secondary N) is 3. The lowest BCUT2D eigenvalue weighted by Gasteiger charge is -2.09. The van der Waals surface area contributed by atoms with Gasteiger partial charge in [0.05, 0.1) is 22.4 Å². The van der Waals surface area contributed by atoms with Crippen LogP contribution in [0.25, 0.3) is 10.9 Å². The maximum atomic E-state index is 12.0. The number of benzene rings is 2. The van der Waals surface area contributed by atoms with Crippen LogP contribution in [0.1, 0.15) is 0 Å². The predicted octanol–water partition coefficient (Wildman–Crippen LogP) is 4.51. The van der Waals surface area contributed by atoms with E-state index in [4.69, 9.17) is 23.2 Å². The summed E-state index contributed by atoms with van der Waals surface area (Å²) < 4.78 is 0. The number of nitrogens with zero attached hydrogens (tertiary/aromatic N) is 1. The fraction of sp³-hybridized carbons (Fsp3) is 0. The topological polar surface area (TPSA) is 69.8 Å². The Morgan fingerprint density at radius 3 is 2.76 bits per heavy atom. The number of rotatable bonds is 2. The van der Waals surface area contributed by atoms with Crippen LogP contribution in [0.2, 0.25) is 10.0 Å². The SMILES string of the molecule is O=C(Nc1ccc2cn[nH]c2c1)Nc1ccc(Cl)cc1Cl. The van der Waals surface area contributed by atoms with Gasteiger partial charge in [-0.25, -0.2) is 4.79 Å². The lowest BCUT2D eigenvalue weighted by Crippen LogP contribution is -2.19. The average Bonchev–Trinajstić information content (AvgIpc) is 2.89. The maximum Gasteiger partial charge on any atom is 0.323 e. The van der Waals surface area contributed by atoms with Gasteiger partial charge in [-0.05, 0) is 36.4 Å². The molecule has 2 aromatic carbocycles. The third kappa shape index (κ3) is 3.09. The summed E-state index contributed by atoms with van der Waals surface area (Å²) in [6.45, 7) is 0. The van der Waals surface area contributed by atoms with Gasteiger partial charge >= 0.3 is 6.03 Å². The standard InChI is InChI=1S/C14H10Cl2N4O/c15-9-2-4-12(11(16)5-9)19-14(21)18-10-3-1-8-7-17-20-13(8)6-10/h1-7H,(H,17,20)(H2,18,19,21). The number of halogens is 2. The molecule has 0 aliphatic carbocycles. The van der Waals surface area contributed by atoms with E-state index in [-0.39, 0.29) is 0 Å². The molecule has 3 N–H and O–H groups in total. The smallest absolute Gasteiger partial charge is 0.308 e. The molecule has 0 atom stereocenters. The number of amides is 2. The average molecular weight is 321 g/mol. The summed E-state index contributed by atoms with van der Waals surface area (Å²) in [7, 11) is 0. The van der Waals surface area contributed by atoms with Crippen molar-refractivity contribution >= 4 is 51.5 Å². The summed E-state index contributed by atoms with van der Waals surface area (Å²) in [5.74, 6) is 0. The minimum absolute atomic E-state index is 0.377. The fourth-order valence-corrected chi connectivity index (χ4v) is 2.35. The quantitative estimate of drug-likeness (QED) is 0.650. The zero-order valence-corrected chi connectivity index (χ0v) is 12.2. The molecule has 7 heteroatoms. The number of aromatic nitrogens is 2. The zero-order valence-electron chi connectivity index (χ0n) is 10.7. The highest BCUT2D eigenvalue weighted by atomic mass is 35.5. The number of carbonyl (C=O) groups is 1. The molecule has 0 saturated heterocycles. The first-order chi connectivity index (χ1) is 10.1. The summed E-state index contributed by atoms with van der Waals surface area (Å²) in [5.41, 5.74) is 1.98. The van der Waals surface area contributed by atoms with Crippen molar-refractivity contribution in [3.63, 3.8) is 0 Å². The predicted molar refractivity (Wildman–Crippen MR) is 85.2 cm³/mol. The Morgan fingerprint density at radius 1 is 1.10 bits per heavy atom. The molecule has 0 aliphatic rings. The van der Waals surface area contributed by atoms with Gasteiger partial charge in [0.15, 0.2) is 0 Å². The van der Waals surface area contributed by atoms with Crippen LogP contribution in [-0.4, -0.2) is 16.2 Å². The minimum Gasteiger partial charge on any atom is -0.308 e. The number of fused-ring (bicyclic) bond motifs is 1. The molecular formula is C14H10Cl2N4O. The van der Waals surface area contributed by atoms with E-state index in [1.54, 1.807) is 36.5 Å². The second-order valence-electron chi connectivity index (χ2n) is 4.38. The third-order valence-electron chi connectivity index (χ3n) is 2.88. The van der Waals surface area contributed by atoms with E-state index >= 15 is 0 Å². The normalized spacial score (nSPS) is 10.6. The van der Waals surface area contributed by atoms with Crippen molar-refractivity contribution in [1.82, 2.24) is 10.2 Å². The van der Waals surface area contributed by atoms with Crippen LogP contribution < -0.4 is 10.6 Å². The molecule has 3 rings (SSSR count). The monoisotopic (exact) mass is 320 g/mol. The number of urea groups is 1. The van der Waals surface area contributed by atoms with Crippen LogP contribution in [0.3, 0.4) is 0 Å². The van der Waals surface area contributed by atoms with Gasteiger partial charge in [0.2, 0.25) is 0 Å². The van der Waals surface area contributed by atoms with E-state index in [1.165, 1.54) is 0 Å². The summed E-state index contributed by atoms with van der Waals surface area (Å²) in [6, 6.07) is 9.92. The first-order valence-corrected chi connectivity index (χ1v) is 6.83. The third-order valence-corrected chi connectivity index (χ3v) is 3.43. The molecule has 0 fully saturated rings. The van der Waals surface area contributed by atoms with E-state index < -0.39 is 6.03 Å². The maximum absolute atomic E-state index is 12.0. The lowest BCUT2D eigenvalue weighted by atomic mass is 10.2. The van der Waals surface area contributed by atoms with E-state index in [1.807, 2.05) is 6.07 Å². The van der Waals surface area contributed by atoms with Crippen molar-refractivity contribution in [3.05, 3.63) is 52.6 Å².